The fourth-order valence-corrected chi connectivity index (χ4v) is 1.79. The minimum Gasteiger partial charge on any atom is -0.231 e. The van der Waals surface area contributed by atoms with Crippen LogP contribution in [0.1, 0.15) is 11.4 Å². The first-order valence-corrected chi connectivity index (χ1v) is 4.80. The summed E-state index contributed by atoms with van der Waals surface area (Å²) in [5.41, 5.74) is 2.27. The van der Waals surface area contributed by atoms with Crippen molar-refractivity contribution in [2.75, 3.05) is 0 Å². The summed E-state index contributed by atoms with van der Waals surface area (Å²) >= 11 is 11.7. The highest BCUT2D eigenvalue weighted by Crippen LogP contribution is 2.23. The van der Waals surface area contributed by atoms with Gasteiger partial charge in [0.05, 0.1) is 5.52 Å². The van der Waals surface area contributed by atoms with Gasteiger partial charge < -0.3 is 0 Å². The third kappa shape index (κ3) is 1.53. The molecule has 0 aliphatic rings. The number of hydrogen-bond donors (Lipinski definition) is 0. The van der Waals surface area contributed by atoms with E-state index < -0.39 is 0 Å². The first-order valence-electron chi connectivity index (χ1n) is 4.05. The van der Waals surface area contributed by atoms with Crippen LogP contribution in [0, 0.1) is 13.8 Å². The van der Waals surface area contributed by atoms with Gasteiger partial charge >= 0.3 is 0 Å². The zero-order valence-electron chi connectivity index (χ0n) is 7.67. The smallest absolute Gasteiger partial charge is 0.159 e. The fraction of sp³-hybridized carbons (Fsp3) is 0.222. The first-order chi connectivity index (χ1) is 6.58. The van der Waals surface area contributed by atoms with E-state index in [4.69, 9.17) is 23.2 Å². The number of rotatable bonds is 0. The second kappa shape index (κ2) is 3.33. The van der Waals surface area contributed by atoms with Crippen LogP contribution >= 0.6 is 23.2 Å². The Morgan fingerprint density at radius 2 is 1.71 bits per heavy atom. The van der Waals surface area contributed by atoms with E-state index in [0.29, 0.717) is 21.6 Å². The standard InChI is InChI=1S/C9H7Cl2N3/c1-4-3-6(10)14-8-7(4)12-5(2)13-9(8)11/h3H,1-2H3. The molecule has 2 aromatic heterocycles. The summed E-state index contributed by atoms with van der Waals surface area (Å²) in [6.45, 7) is 3.71. The summed E-state index contributed by atoms with van der Waals surface area (Å²) in [7, 11) is 0. The summed E-state index contributed by atoms with van der Waals surface area (Å²) in [5, 5.41) is 0.752. The fourth-order valence-electron chi connectivity index (χ4n) is 1.29. The van der Waals surface area contributed by atoms with Crippen molar-refractivity contribution in [2.45, 2.75) is 13.8 Å². The van der Waals surface area contributed by atoms with Gasteiger partial charge in [0.2, 0.25) is 0 Å². The molecule has 5 heteroatoms. The molecule has 2 aromatic rings. The molecule has 0 aromatic carbocycles. The Kier molecular flexibility index (Phi) is 2.29. The third-order valence-electron chi connectivity index (χ3n) is 1.88. The van der Waals surface area contributed by atoms with E-state index in [1.54, 1.807) is 13.0 Å². The van der Waals surface area contributed by atoms with E-state index in [9.17, 15) is 0 Å². The second-order valence-electron chi connectivity index (χ2n) is 3.02. The van der Waals surface area contributed by atoms with Gasteiger partial charge in [0, 0.05) is 0 Å². The van der Waals surface area contributed by atoms with Crippen LogP contribution in [0.15, 0.2) is 6.07 Å². The van der Waals surface area contributed by atoms with Gasteiger partial charge in [0.15, 0.2) is 5.15 Å². The molecule has 0 N–H and O–H groups in total. The maximum atomic E-state index is 5.93. The Balaban J connectivity index is 2.94. The lowest BCUT2D eigenvalue weighted by molar-refractivity contribution is 1.08. The van der Waals surface area contributed by atoms with Gasteiger partial charge in [-0.1, -0.05) is 23.2 Å². The van der Waals surface area contributed by atoms with Crippen molar-refractivity contribution in [3.63, 3.8) is 0 Å². The van der Waals surface area contributed by atoms with Crippen LogP contribution in [0.5, 0.6) is 0 Å². The number of aromatic nitrogens is 3. The lowest BCUT2D eigenvalue weighted by Gasteiger charge is -2.03. The summed E-state index contributed by atoms with van der Waals surface area (Å²) in [5.74, 6) is 0.634. The molecule has 0 aliphatic carbocycles. The molecule has 0 saturated heterocycles. The monoisotopic (exact) mass is 227 g/mol. The highest BCUT2D eigenvalue weighted by molar-refractivity contribution is 6.34. The van der Waals surface area contributed by atoms with Crippen molar-refractivity contribution in [1.82, 2.24) is 15.0 Å². The summed E-state index contributed by atoms with van der Waals surface area (Å²) in [4.78, 5) is 12.4. The van der Waals surface area contributed by atoms with E-state index >= 15 is 0 Å². The molecule has 2 rings (SSSR count). The Labute approximate surface area is 91.1 Å². The SMILES string of the molecule is Cc1nc(Cl)c2nc(Cl)cc(C)c2n1. The van der Waals surface area contributed by atoms with Crippen LogP contribution in [0.2, 0.25) is 10.3 Å². The topological polar surface area (TPSA) is 38.7 Å². The molecule has 0 bridgehead atoms. The number of halogens is 2. The van der Waals surface area contributed by atoms with Crippen molar-refractivity contribution in [2.24, 2.45) is 0 Å². The number of nitrogens with zero attached hydrogens (tertiary/aromatic N) is 3. The molecule has 0 atom stereocenters. The first kappa shape index (κ1) is 9.62. The quantitative estimate of drug-likeness (QED) is 0.514. The lowest BCUT2D eigenvalue weighted by Crippen LogP contribution is -1.95. The van der Waals surface area contributed by atoms with Gasteiger partial charge in [-0.25, -0.2) is 15.0 Å². The van der Waals surface area contributed by atoms with E-state index in [0.717, 1.165) is 11.1 Å². The van der Waals surface area contributed by atoms with Crippen LogP contribution in [0.25, 0.3) is 11.0 Å². The number of aryl methyl sites for hydroxylation is 2. The molecule has 0 unspecified atom stereocenters. The summed E-state index contributed by atoms with van der Waals surface area (Å²) in [6.07, 6.45) is 0. The van der Waals surface area contributed by atoms with Crippen molar-refractivity contribution >= 4 is 34.2 Å². The van der Waals surface area contributed by atoms with Gasteiger partial charge in [-0.15, -0.1) is 0 Å². The van der Waals surface area contributed by atoms with Crippen LogP contribution in [-0.4, -0.2) is 15.0 Å². The molecule has 0 spiro atoms. The van der Waals surface area contributed by atoms with E-state index in [2.05, 4.69) is 15.0 Å². The Morgan fingerprint density at radius 3 is 2.43 bits per heavy atom. The van der Waals surface area contributed by atoms with Crippen molar-refractivity contribution in [1.29, 1.82) is 0 Å². The molecule has 0 fully saturated rings. The summed E-state index contributed by atoms with van der Waals surface area (Å²) < 4.78 is 0. The Hall–Kier alpha value is -0.930. The minimum absolute atomic E-state index is 0.345. The molecule has 0 saturated carbocycles. The summed E-state index contributed by atoms with van der Waals surface area (Å²) in [6, 6.07) is 1.76. The molecule has 0 aliphatic heterocycles. The number of hydrogen-bond acceptors (Lipinski definition) is 3. The van der Waals surface area contributed by atoms with Crippen molar-refractivity contribution in [3.05, 3.63) is 27.8 Å². The van der Waals surface area contributed by atoms with E-state index in [1.165, 1.54) is 0 Å². The molecule has 72 valence electrons. The van der Waals surface area contributed by atoms with Crippen molar-refractivity contribution < 1.29 is 0 Å². The lowest BCUT2D eigenvalue weighted by atomic mass is 10.2. The maximum Gasteiger partial charge on any atom is 0.159 e. The van der Waals surface area contributed by atoms with Crippen molar-refractivity contribution in [3.8, 4) is 0 Å². The maximum absolute atomic E-state index is 5.93. The Bertz CT molecular complexity index is 464. The Morgan fingerprint density at radius 1 is 1.00 bits per heavy atom. The largest absolute Gasteiger partial charge is 0.231 e. The van der Waals surface area contributed by atoms with E-state index in [-0.39, 0.29) is 0 Å². The minimum atomic E-state index is 0.345. The van der Waals surface area contributed by atoms with Gasteiger partial charge in [-0.3, -0.25) is 0 Å². The third-order valence-corrected chi connectivity index (χ3v) is 2.34. The van der Waals surface area contributed by atoms with Gasteiger partial charge in [0.25, 0.3) is 0 Å². The van der Waals surface area contributed by atoms with Gasteiger partial charge in [-0.2, -0.15) is 0 Å². The van der Waals surface area contributed by atoms with Crippen LogP contribution in [-0.2, 0) is 0 Å². The number of fused-ring (bicyclic) bond motifs is 1. The molecular weight excluding hydrogens is 221 g/mol. The molecule has 2 heterocycles. The average molecular weight is 228 g/mol. The predicted molar refractivity (Wildman–Crippen MR) is 56.8 cm³/mol. The number of pyridine rings is 1. The second-order valence-corrected chi connectivity index (χ2v) is 3.77. The zero-order chi connectivity index (χ0) is 10.3. The molecular formula is C9H7Cl2N3. The highest BCUT2D eigenvalue weighted by atomic mass is 35.5. The normalized spacial score (nSPS) is 10.9. The van der Waals surface area contributed by atoms with Gasteiger partial charge in [-0.05, 0) is 25.5 Å². The molecule has 0 amide bonds. The predicted octanol–water partition coefficient (Wildman–Crippen LogP) is 2.95. The molecule has 14 heavy (non-hydrogen) atoms. The van der Waals surface area contributed by atoms with E-state index in [1.807, 2.05) is 6.92 Å². The van der Waals surface area contributed by atoms with Crippen LogP contribution < -0.4 is 0 Å². The highest BCUT2D eigenvalue weighted by Gasteiger charge is 2.08. The zero-order valence-corrected chi connectivity index (χ0v) is 9.19. The molecule has 0 radical (unpaired) electrons. The van der Waals surface area contributed by atoms with Crippen LogP contribution in [0.3, 0.4) is 0 Å². The van der Waals surface area contributed by atoms with Gasteiger partial charge in [0.1, 0.15) is 16.5 Å². The molecule has 3 nitrogen and oxygen atoms in total. The van der Waals surface area contributed by atoms with Crippen LogP contribution in [0.4, 0.5) is 0 Å². The average Bonchev–Trinajstić information content (AvgIpc) is 2.07.